The molecule has 0 spiro atoms. The summed E-state index contributed by atoms with van der Waals surface area (Å²) in [6.45, 7) is 2.87. The van der Waals surface area contributed by atoms with Crippen LogP contribution < -0.4 is 19.5 Å². The van der Waals surface area contributed by atoms with E-state index in [1.807, 2.05) is 18.2 Å². The zero-order valence-electron chi connectivity index (χ0n) is 11.2. The molecule has 1 rings (SSSR count). The Hall–Kier alpha value is -1.46. The first-order valence-electron chi connectivity index (χ1n) is 5.85. The van der Waals surface area contributed by atoms with Gasteiger partial charge in [0, 0.05) is 38.4 Å². The second-order valence-corrected chi connectivity index (χ2v) is 3.64. The van der Waals surface area contributed by atoms with Crippen LogP contribution in [0.15, 0.2) is 18.2 Å². The van der Waals surface area contributed by atoms with Gasteiger partial charge in [0.25, 0.3) is 0 Å². The van der Waals surface area contributed by atoms with Gasteiger partial charge in [0.15, 0.2) is 0 Å². The van der Waals surface area contributed by atoms with E-state index in [9.17, 15) is 0 Å². The van der Waals surface area contributed by atoms with E-state index in [1.165, 1.54) is 0 Å². The lowest BCUT2D eigenvalue weighted by Gasteiger charge is -2.10. The molecule has 0 amide bonds. The number of hydrogen-bond acceptors (Lipinski definition) is 5. The third-order valence-electron chi connectivity index (χ3n) is 2.36. The molecule has 5 nitrogen and oxygen atoms in total. The van der Waals surface area contributed by atoms with Gasteiger partial charge in [-0.05, 0) is 0 Å². The topological polar surface area (TPSA) is 49.0 Å². The molecule has 0 bridgehead atoms. The predicted octanol–water partition coefficient (Wildman–Crippen LogP) is 1.32. The van der Waals surface area contributed by atoms with Gasteiger partial charge in [0.1, 0.15) is 23.9 Å². The van der Waals surface area contributed by atoms with Gasteiger partial charge in [0.05, 0.1) is 20.8 Å². The maximum absolute atomic E-state index is 5.61. The smallest absolute Gasteiger partial charge is 0.126 e. The van der Waals surface area contributed by atoms with Crippen molar-refractivity contribution in [2.45, 2.75) is 0 Å². The Labute approximate surface area is 108 Å². The Morgan fingerprint density at radius 2 is 1.39 bits per heavy atom. The monoisotopic (exact) mass is 255 g/mol. The highest BCUT2D eigenvalue weighted by Crippen LogP contribution is 2.27. The van der Waals surface area contributed by atoms with E-state index < -0.39 is 0 Å². The van der Waals surface area contributed by atoms with Crippen LogP contribution in [0.2, 0.25) is 0 Å². The number of benzene rings is 1. The third-order valence-corrected chi connectivity index (χ3v) is 2.36. The van der Waals surface area contributed by atoms with Gasteiger partial charge in [-0.15, -0.1) is 0 Å². The molecular formula is C13H21NO4. The van der Waals surface area contributed by atoms with E-state index in [0.29, 0.717) is 13.2 Å². The van der Waals surface area contributed by atoms with Crippen LogP contribution in [0, 0.1) is 0 Å². The summed E-state index contributed by atoms with van der Waals surface area (Å²) in [6, 6.07) is 5.47. The Balaban J connectivity index is 2.36. The largest absolute Gasteiger partial charge is 0.496 e. The van der Waals surface area contributed by atoms with Crippen molar-refractivity contribution in [1.29, 1.82) is 0 Å². The minimum atomic E-state index is 0.583. The third kappa shape index (κ3) is 5.25. The molecule has 0 saturated carbocycles. The lowest BCUT2D eigenvalue weighted by Crippen LogP contribution is -2.24. The molecular weight excluding hydrogens is 234 g/mol. The molecule has 1 aromatic rings. The zero-order chi connectivity index (χ0) is 13.2. The Kier molecular flexibility index (Phi) is 6.98. The van der Waals surface area contributed by atoms with Crippen LogP contribution >= 0.6 is 0 Å². The molecule has 0 aromatic heterocycles. The quantitative estimate of drug-likeness (QED) is 0.674. The highest BCUT2D eigenvalue weighted by Gasteiger charge is 2.02. The van der Waals surface area contributed by atoms with Crippen molar-refractivity contribution in [3.05, 3.63) is 18.2 Å². The zero-order valence-corrected chi connectivity index (χ0v) is 11.2. The molecule has 0 aliphatic rings. The molecule has 0 aliphatic carbocycles. The molecule has 0 atom stereocenters. The minimum absolute atomic E-state index is 0.583. The SMILES string of the molecule is COCCNCCOc1cc(OC)cc(OC)c1. The Bertz CT molecular complexity index is 322. The predicted molar refractivity (Wildman–Crippen MR) is 69.8 cm³/mol. The van der Waals surface area contributed by atoms with Gasteiger partial charge in [-0.2, -0.15) is 0 Å². The molecule has 102 valence electrons. The summed E-state index contributed by atoms with van der Waals surface area (Å²) in [5.41, 5.74) is 0. The van der Waals surface area contributed by atoms with Crippen LogP contribution in [0.1, 0.15) is 0 Å². The fourth-order valence-electron chi connectivity index (χ4n) is 1.40. The average Bonchev–Trinajstić information content (AvgIpc) is 2.42. The molecule has 0 aliphatic heterocycles. The van der Waals surface area contributed by atoms with Crippen molar-refractivity contribution in [2.24, 2.45) is 0 Å². The van der Waals surface area contributed by atoms with Crippen molar-refractivity contribution < 1.29 is 18.9 Å². The molecule has 0 fully saturated rings. The second-order valence-electron chi connectivity index (χ2n) is 3.64. The van der Waals surface area contributed by atoms with Gasteiger partial charge in [0.2, 0.25) is 0 Å². The fraction of sp³-hybridized carbons (Fsp3) is 0.538. The van der Waals surface area contributed by atoms with Crippen molar-refractivity contribution in [3.8, 4) is 17.2 Å². The number of rotatable bonds is 9. The number of nitrogens with one attached hydrogen (secondary N) is 1. The molecule has 1 N–H and O–H groups in total. The van der Waals surface area contributed by atoms with Crippen molar-refractivity contribution in [3.63, 3.8) is 0 Å². The maximum atomic E-state index is 5.61. The maximum Gasteiger partial charge on any atom is 0.126 e. The van der Waals surface area contributed by atoms with E-state index >= 15 is 0 Å². The van der Waals surface area contributed by atoms with Gasteiger partial charge < -0.3 is 24.3 Å². The normalized spacial score (nSPS) is 10.2. The number of hydrogen-bond donors (Lipinski definition) is 1. The van der Waals surface area contributed by atoms with Crippen molar-refractivity contribution in [2.75, 3.05) is 47.6 Å². The summed E-state index contributed by atoms with van der Waals surface area (Å²) < 4.78 is 20.9. The molecule has 0 saturated heterocycles. The summed E-state index contributed by atoms with van der Waals surface area (Å²) in [7, 11) is 4.91. The summed E-state index contributed by atoms with van der Waals surface area (Å²) in [6.07, 6.45) is 0. The van der Waals surface area contributed by atoms with E-state index in [0.717, 1.165) is 30.3 Å². The van der Waals surface area contributed by atoms with E-state index in [1.54, 1.807) is 21.3 Å². The lowest BCUT2D eigenvalue weighted by molar-refractivity contribution is 0.196. The molecule has 0 radical (unpaired) electrons. The van der Waals surface area contributed by atoms with Crippen LogP contribution in [0.3, 0.4) is 0 Å². The standard InChI is InChI=1S/C13H21NO4/c1-15-6-4-14-5-7-18-13-9-11(16-2)8-12(10-13)17-3/h8-10,14H,4-7H2,1-3H3. The van der Waals surface area contributed by atoms with Gasteiger partial charge in [-0.25, -0.2) is 0 Å². The second kappa shape index (κ2) is 8.60. The molecule has 18 heavy (non-hydrogen) atoms. The Morgan fingerprint density at radius 3 is 1.94 bits per heavy atom. The summed E-state index contributed by atoms with van der Waals surface area (Å²) in [5.74, 6) is 2.17. The van der Waals surface area contributed by atoms with Crippen LogP contribution in [0.4, 0.5) is 0 Å². The molecule has 1 aromatic carbocycles. The molecule has 0 unspecified atom stereocenters. The highest BCUT2D eigenvalue weighted by molar-refractivity contribution is 5.41. The summed E-state index contributed by atoms with van der Waals surface area (Å²) >= 11 is 0. The van der Waals surface area contributed by atoms with Gasteiger partial charge >= 0.3 is 0 Å². The van der Waals surface area contributed by atoms with Crippen molar-refractivity contribution >= 4 is 0 Å². The van der Waals surface area contributed by atoms with Crippen molar-refractivity contribution in [1.82, 2.24) is 5.32 Å². The van der Waals surface area contributed by atoms with Gasteiger partial charge in [-0.1, -0.05) is 0 Å². The van der Waals surface area contributed by atoms with E-state index in [2.05, 4.69) is 5.32 Å². The fourth-order valence-corrected chi connectivity index (χ4v) is 1.40. The van der Waals surface area contributed by atoms with E-state index in [-0.39, 0.29) is 0 Å². The van der Waals surface area contributed by atoms with Crippen LogP contribution in [0.5, 0.6) is 17.2 Å². The van der Waals surface area contributed by atoms with Gasteiger partial charge in [-0.3, -0.25) is 0 Å². The first-order valence-corrected chi connectivity index (χ1v) is 5.85. The van der Waals surface area contributed by atoms with Crippen LogP contribution in [-0.2, 0) is 4.74 Å². The van der Waals surface area contributed by atoms with Crippen LogP contribution in [-0.4, -0.2) is 47.6 Å². The average molecular weight is 255 g/mol. The highest BCUT2D eigenvalue weighted by atomic mass is 16.5. The molecule has 0 heterocycles. The Morgan fingerprint density at radius 1 is 0.833 bits per heavy atom. The molecule has 5 heteroatoms. The summed E-state index contributed by atoms with van der Waals surface area (Å²) in [5, 5.41) is 3.20. The van der Waals surface area contributed by atoms with Crippen LogP contribution in [0.25, 0.3) is 0 Å². The summed E-state index contributed by atoms with van der Waals surface area (Å²) in [4.78, 5) is 0. The number of methoxy groups -OCH3 is 3. The van der Waals surface area contributed by atoms with E-state index in [4.69, 9.17) is 18.9 Å². The number of ether oxygens (including phenoxy) is 4. The minimum Gasteiger partial charge on any atom is -0.496 e. The first kappa shape index (κ1) is 14.6. The first-order chi connectivity index (χ1) is 8.80. The lowest BCUT2D eigenvalue weighted by atomic mass is 10.3.